The lowest BCUT2D eigenvalue weighted by Crippen LogP contribution is -2.52. The van der Waals surface area contributed by atoms with Crippen molar-refractivity contribution in [2.75, 3.05) is 37.7 Å². The molecule has 3 rings (SSSR count). The summed E-state index contributed by atoms with van der Waals surface area (Å²) in [5.41, 5.74) is 7.21. The highest BCUT2D eigenvalue weighted by Crippen LogP contribution is 2.30. The number of amides is 1. The van der Waals surface area contributed by atoms with Crippen molar-refractivity contribution >= 4 is 36.4 Å². The molecule has 5 nitrogen and oxygen atoms in total. The zero-order valence-corrected chi connectivity index (χ0v) is 16.4. The van der Waals surface area contributed by atoms with E-state index in [-0.39, 0.29) is 42.7 Å². The number of rotatable bonds is 4. The van der Waals surface area contributed by atoms with Gasteiger partial charge in [-0.15, -0.1) is 24.8 Å². The van der Waals surface area contributed by atoms with E-state index in [0.717, 1.165) is 56.9 Å². The smallest absolute Gasteiger partial charge is 0.227 e. The monoisotopic (exact) mass is 389 g/mol. The molecule has 1 saturated heterocycles. The van der Waals surface area contributed by atoms with Crippen LogP contribution in [-0.4, -0.2) is 49.6 Å². The molecule has 1 aliphatic heterocycles. The summed E-state index contributed by atoms with van der Waals surface area (Å²) in [6, 6.07) is 8.19. The third-order valence-corrected chi connectivity index (χ3v) is 4.98. The van der Waals surface area contributed by atoms with Gasteiger partial charge < -0.3 is 20.3 Å². The predicted octanol–water partition coefficient (Wildman–Crippen LogP) is 2.70. The fourth-order valence-electron chi connectivity index (χ4n) is 3.69. The van der Waals surface area contributed by atoms with Crippen LogP contribution in [0.4, 0.5) is 5.69 Å². The molecular formula is C18H29Cl2N3O2. The molecule has 2 unspecified atom stereocenters. The van der Waals surface area contributed by atoms with Crippen LogP contribution in [0.3, 0.4) is 0 Å². The van der Waals surface area contributed by atoms with Gasteiger partial charge in [-0.2, -0.15) is 0 Å². The van der Waals surface area contributed by atoms with E-state index >= 15 is 0 Å². The first-order valence-electron chi connectivity index (χ1n) is 8.72. The van der Waals surface area contributed by atoms with Crippen LogP contribution in [0.2, 0.25) is 0 Å². The average molecular weight is 390 g/mol. The third kappa shape index (κ3) is 4.93. The first kappa shape index (κ1) is 21.9. The van der Waals surface area contributed by atoms with Gasteiger partial charge in [-0.05, 0) is 31.9 Å². The molecule has 1 aliphatic carbocycles. The summed E-state index contributed by atoms with van der Waals surface area (Å²) < 4.78 is 5.72. The van der Waals surface area contributed by atoms with Crippen LogP contribution in [0.25, 0.3) is 0 Å². The number of halogens is 2. The number of para-hydroxylation sites is 2. The Labute approximate surface area is 162 Å². The second-order valence-electron chi connectivity index (χ2n) is 6.41. The van der Waals surface area contributed by atoms with E-state index in [2.05, 4.69) is 11.0 Å². The van der Waals surface area contributed by atoms with Gasteiger partial charge in [-0.3, -0.25) is 4.79 Å². The predicted molar refractivity (Wildman–Crippen MR) is 106 cm³/mol. The Kier molecular flexibility index (Phi) is 8.83. The van der Waals surface area contributed by atoms with Crippen molar-refractivity contribution < 1.29 is 9.53 Å². The van der Waals surface area contributed by atoms with Gasteiger partial charge in [0.15, 0.2) is 0 Å². The van der Waals surface area contributed by atoms with Crippen molar-refractivity contribution in [1.82, 2.24) is 4.90 Å². The van der Waals surface area contributed by atoms with Gasteiger partial charge in [0.25, 0.3) is 0 Å². The summed E-state index contributed by atoms with van der Waals surface area (Å²) in [5.74, 6) is 1.22. The minimum Gasteiger partial charge on any atom is -0.492 e. The molecule has 25 heavy (non-hydrogen) atoms. The maximum atomic E-state index is 12.6. The first-order valence-corrected chi connectivity index (χ1v) is 8.72. The summed E-state index contributed by atoms with van der Waals surface area (Å²) in [6.07, 6.45) is 3.02. The number of hydrogen-bond donors (Lipinski definition) is 1. The number of carbonyl (C=O) groups is 1. The van der Waals surface area contributed by atoms with Crippen molar-refractivity contribution in [1.29, 1.82) is 0 Å². The van der Waals surface area contributed by atoms with Crippen molar-refractivity contribution in [2.24, 2.45) is 11.7 Å². The van der Waals surface area contributed by atoms with Gasteiger partial charge >= 0.3 is 0 Å². The molecular weight excluding hydrogens is 361 g/mol. The van der Waals surface area contributed by atoms with Crippen LogP contribution >= 0.6 is 24.8 Å². The first-order chi connectivity index (χ1) is 11.2. The topological polar surface area (TPSA) is 58.8 Å². The largest absolute Gasteiger partial charge is 0.492 e. The molecule has 1 aromatic carbocycles. The van der Waals surface area contributed by atoms with E-state index in [1.807, 2.05) is 30.0 Å². The Morgan fingerprint density at radius 1 is 1.16 bits per heavy atom. The number of anilines is 1. The number of piperazine rings is 1. The molecule has 1 heterocycles. The number of nitrogens with zero attached hydrogens (tertiary/aromatic N) is 2. The quantitative estimate of drug-likeness (QED) is 0.859. The fourth-order valence-corrected chi connectivity index (χ4v) is 3.69. The molecule has 142 valence electrons. The Hall–Kier alpha value is -1.17. The van der Waals surface area contributed by atoms with Crippen LogP contribution < -0.4 is 15.4 Å². The molecule has 0 aromatic heterocycles. The molecule has 2 fully saturated rings. The molecule has 7 heteroatoms. The third-order valence-electron chi connectivity index (χ3n) is 4.98. The van der Waals surface area contributed by atoms with Gasteiger partial charge in [-0.25, -0.2) is 0 Å². The number of ether oxygens (including phenoxy) is 1. The number of carbonyl (C=O) groups excluding carboxylic acids is 1. The average Bonchev–Trinajstić information content (AvgIpc) is 3.01. The van der Waals surface area contributed by atoms with E-state index < -0.39 is 0 Å². The molecule has 1 aromatic rings. The zero-order valence-electron chi connectivity index (χ0n) is 14.7. The highest BCUT2D eigenvalue weighted by atomic mass is 35.5. The molecule has 2 aliphatic rings. The van der Waals surface area contributed by atoms with Crippen LogP contribution in [0.1, 0.15) is 26.2 Å². The van der Waals surface area contributed by atoms with E-state index in [4.69, 9.17) is 10.5 Å². The Morgan fingerprint density at radius 3 is 2.44 bits per heavy atom. The van der Waals surface area contributed by atoms with E-state index in [0.29, 0.717) is 6.61 Å². The SMILES string of the molecule is CCOc1ccccc1N1CCN(C(=O)C2CCCC2N)CC1.Cl.Cl. The Balaban J connectivity index is 0.00000156. The standard InChI is InChI=1S/C18H27N3O2.2ClH/c1-2-23-17-9-4-3-8-16(17)20-10-12-21(13-11-20)18(22)14-6-5-7-15(14)19;;/h3-4,8-9,14-15H,2,5-7,10-13,19H2,1H3;2*1H. The van der Waals surface area contributed by atoms with Crippen LogP contribution in [-0.2, 0) is 4.79 Å². The van der Waals surface area contributed by atoms with E-state index in [1.54, 1.807) is 0 Å². The van der Waals surface area contributed by atoms with Crippen LogP contribution in [0.15, 0.2) is 24.3 Å². The van der Waals surface area contributed by atoms with Crippen LogP contribution in [0, 0.1) is 5.92 Å². The number of benzene rings is 1. The molecule has 0 bridgehead atoms. The van der Waals surface area contributed by atoms with Crippen molar-refractivity contribution in [2.45, 2.75) is 32.2 Å². The summed E-state index contributed by atoms with van der Waals surface area (Å²) >= 11 is 0. The maximum absolute atomic E-state index is 12.6. The van der Waals surface area contributed by atoms with Gasteiger partial charge in [0.2, 0.25) is 5.91 Å². The van der Waals surface area contributed by atoms with E-state index in [1.165, 1.54) is 0 Å². The summed E-state index contributed by atoms with van der Waals surface area (Å²) in [7, 11) is 0. The minimum atomic E-state index is 0. The lowest BCUT2D eigenvalue weighted by Gasteiger charge is -2.38. The Morgan fingerprint density at radius 2 is 1.84 bits per heavy atom. The maximum Gasteiger partial charge on any atom is 0.227 e. The zero-order chi connectivity index (χ0) is 16.2. The summed E-state index contributed by atoms with van der Waals surface area (Å²) in [4.78, 5) is 16.9. The van der Waals surface area contributed by atoms with Crippen molar-refractivity contribution in [3.8, 4) is 5.75 Å². The number of hydrogen-bond acceptors (Lipinski definition) is 4. The van der Waals surface area contributed by atoms with Gasteiger partial charge in [0.1, 0.15) is 5.75 Å². The summed E-state index contributed by atoms with van der Waals surface area (Å²) in [5, 5.41) is 0. The molecule has 0 spiro atoms. The highest BCUT2D eigenvalue weighted by molar-refractivity contribution is 5.85. The highest BCUT2D eigenvalue weighted by Gasteiger charge is 2.34. The molecule has 2 atom stereocenters. The lowest BCUT2D eigenvalue weighted by atomic mass is 10.0. The lowest BCUT2D eigenvalue weighted by molar-refractivity contribution is -0.136. The van der Waals surface area contributed by atoms with Crippen molar-refractivity contribution in [3.63, 3.8) is 0 Å². The molecule has 1 amide bonds. The minimum absolute atomic E-state index is 0. The van der Waals surface area contributed by atoms with Gasteiger partial charge in [0, 0.05) is 32.2 Å². The van der Waals surface area contributed by atoms with E-state index in [9.17, 15) is 4.79 Å². The Bertz CT molecular complexity index is 551. The van der Waals surface area contributed by atoms with Crippen molar-refractivity contribution in [3.05, 3.63) is 24.3 Å². The fraction of sp³-hybridized carbons (Fsp3) is 0.611. The van der Waals surface area contributed by atoms with Gasteiger partial charge in [0.05, 0.1) is 18.2 Å². The van der Waals surface area contributed by atoms with Crippen LogP contribution in [0.5, 0.6) is 5.75 Å². The summed E-state index contributed by atoms with van der Waals surface area (Å²) in [6.45, 7) is 5.88. The molecule has 2 N–H and O–H groups in total. The van der Waals surface area contributed by atoms with Gasteiger partial charge in [-0.1, -0.05) is 18.6 Å². The second kappa shape index (κ2) is 10.1. The number of nitrogens with two attached hydrogens (primary N) is 1. The molecule has 1 saturated carbocycles. The second-order valence-corrected chi connectivity index (χ2v) is 6.41. The normalized spacial score (nSPS) is 22.8. The molecule has 0 radical (unpaired) electrons.